The van der Waals surface area contributed by atoms with E-state index in [1.165, 1.54) is 57.8 Å². The third-order valence-corrected chi connectivity index (χ3v) is 14.2. The van der Waals surface area contributed by atoms with Gasteiger partial charge in [-0.25, -0.2) is 0 Å². The van der Waals surface area contributed by atoms with Crippen molar-refractivity contribution in [1.29, 1.82) is 0 Å². The SMILES string of the molecule is CO[C@H]1CC[C@@]2(C)[C@H](CC[C@@]3(C)C[C@@]45CC[C@H]6C(C)(C)[C@H](O)CC[C@]6(C)[C@]4(CC[C@@H]32)O5)C1(C)C. The molecule has 3 nitrogen and oxygen atoms in total. The third kappa shape index (κ3) is 2.61. The first-order valence-electron chi connectivity index (χ1n) is 14.6. The summed E-state index contributed by atoms with van der Waals surface area (Å²) in [6, 6.07) is 0. The van der Waals surface area contributed by atoms with Crippen molar-refractivity contribution in [1.82, 2.24) is 0 Å². The largest absolute Gasteiger partial charge is 0.393 e. The first-order valence-corrected chi connectivity index (χ1v) is 14.6. The summed E-state index contributed by atoms with van der Waals surface area (Å²) in [7, 11) is 1.93. The Hall–Kier alpha value is -0.120. The minimum Gasteiger partial charge on any atom is -0.393 e. The standard InChI is InChI=1S/C31H52O3/c1-25(2)21-10-17-30-19-27(5)14-9-20-26(3,4)24(33-8)13-15-28(20,6)22(27)11-18-31(30,34-30)29(21,7)16-12-23(25)32/h20-24,32H,9-19H2,1-8H3/t20-,21+,22+,23-,24+,27+,28+,29+,30+,31+/m1/s1. The molecule has 1 aliphatic heterocycles. The van der Waals surface area contributed by atoms with Crippen LogP contribution < -0.4 is 0 Å². The van der Waals surface area contributed by atoms with Gasteiger partial charge < -0.3 is 14.6 Å². The number of aliphatic hydroxyl groups excluding tert-OH is 1. The molecule has 6 rings (SSSR count). The summed E-state index contributed by atoms with van der Waals surface area (Å²) in [6.45, 7) is 17.6. The Kier molecular flexibility index (Phi) is 4.88. The summed E-state index contributed by atoms with van der Waals surface area (Å²) in [4.78, 5) is 0. The molecule has 0 spiro atoms. The monoisotopic (exact) mass is 472 g/mol. The van der Waals surface area contributed by atoms with Gasteiger partial charge >= 0.3 is 0 Å². The van der Waals surface area contributed by atoms with Crippen LogP contribution in [0.5, 0.6) is 0 Å². The van der Waals surface area contributed by atoms with Crippen LogP contribution in [0.1, 0.15) is 119 Å². The van der Waals surface area contributed by atoms with Crippen molar-refractivity contribution in [2.45, 2.75) is 143 Å². The molecule has 3 heteroatoms. The predicted molar refractivity (Wildman–Crippen MR) is 136 cm³/mol. The number of ether oxygens (including phenoxy) is 2. The van der Waals surface area contributed by atoms with Crippen LogP contribution in [0, 0.1) is 44.8 Å². The number of hydrogen-bond acceptors (Lipinski definition) is 3. The lowest BCUT2D eigenvalue weighted by Crippen LogP contribution is -2.60. The van der Waals surface area contributed by atoms with E-state index in [9.17, 15) is 5.11 Å². The molecule has 34 heavy (non-hydrogen) atoms. The molecular formula is C31H52O3. The highest BCUT2D eigenvalue weighted by Gasteiger charge is 2.83. The normalized spacial score (nSPS) is 59.4. The van der Waals surface area contributed by atoms with Gasteiger partial charge in [-0.1, -0.05) is 48.5 Å². The van der Waals surface area contributed by atoms with E-state index in [-0.39, 0.29) is 33.6 Å². The summed E-state index contributed by atoms with van der Waals surface area (Å²) in [5.74, 6) is 2.09. The molecular weight excluding hydrogens is 420 g/mol. The molecule has 1 saturated heterocycles. The first kappa shape index (κ1) is 24.2. The fraction of sp³-hybridized carbons (Fsp3) is 1.00. The summed E-state index contributed by atoms with van der Waals surface area (Å²) >= 11 is 0. The van der Waals surface area contributed by atoms with Crippen molar-refractivity contribution < 1.29 is 14.6 Å². The van der Waals surface area contributed by atoms with Crippen LogP contribution in [0.2, 0.25) is 0 Å². The van der Waals surface area contributed by atoms with Gasteiger partial charge in [-0.3, -0.25) is 0 Å². The quantitative estimate of drug-likeness (QED) is 0.412. The van der Waals surface area contributed by atoms with Crippen molar-refractivity contribution in [3.63, 3.8) is 0 Å². The lowest BCUT2D eigenvalue weighted by atomic mass is 9.41. The number of aliphatic hydroxyl groups is 1. The average molecular weight is 473 g/mol. The van der Waals surface area contributed by atoms with Gasteiger partial charge in [0.15, 0.2) is 0 Å². The summed E-state index contributed by atoms with van der Waals surface area (Å²) in [5, 5.41) is 11.0. The van der Waals surface area contributed by atoms with Crippen molar-refractivity contribution in [2.75, 3.05) is 7.11 Å². The molecule has 5 aliphatic carbocycles. The van der Waals surface area contributed by atoms with Crippen molar-refractivity contribution in [3.8, 4) is 0 Å². The maximum Gasteiger partial charge on any atom is 0.104 e. The molecule has 6 fully saturated rings. The average Bonchev–Trinajstić information content (AvgIpc) is 3.40. The zero-order chi connectivity index (χ0) is 24.6. The maximum atomic E-state index is 11.0. The summed E-state index contributed by atoms with van der Waals surface area (Å²) in [6.07, 6.45) is 13.8. The van der Waals surface area contributed by atoms with Crippen molar-refractivity contribution in [2.24, 2.45) is 44.8 Å². The molecule has 6 aliphatic rings. The van der Waals surface area contributed by atoms with Crippen LogP contribution in [-0.4, -0.2) is 35.6 Å². The van der Waals surface area contributed by atoms with Crippen LogP contribution in [0.25, 0.3) is 0 Å². The van der Waals surface area contributed by atoms with E-state index < -0.39 is 0 Å². The highest BCUT2D eigenvalue weighted by atomic mass is 16.6. The molecule has 0 amide bonds. The van der Waals surface area contributed by atoms with E-state index in [4.69, 9.17) is 9.47 Å². The van der Waals surface area contributed by atoms with E-state index in [0.717, 1.165) is 24.7 Å². The smallest absolute Gasteiger partial charge is 0.104 e. The zero-order valence-corrected chi connectivity index (χ0v) is 23.4. The topological polar surface area (TPSA) is 42.0 Å². The number of rotatable bonds is 1. The zero-order valence-electron chi connectivity index (χ0n) is 23.4. The van der Waals surface area contributed by atoms with Gasteiger partial charge in [-0.2, -0.15) is 0 Å². The van der Waals surface area contributed by atoms with Crippen LogP contribution in [0.4, 0.5) is 0 Å². The highest BCUT2D eigenvalue weighted by molar-refractivity contribution is 5.31. The van der Waals surface area contributed by atoms with Crippen molar-refractivity contribution >= 4 is 0 Å². The minimum absolute atomic E-state index is 0.0114. The lowest BCUT2D eigenvalue weighted by Gasteiger charge is -2.64. The van der Waals surface area contributed by atoms with Crippen molar-refractivity contribution in [3.05, 3.63) is 0 Å². The fourth-order valence-corrected chi connectivity index (χ4v) is 12.6. The number of methoxy groups -OCH3 is 1. The lowest BCUT2D eigenvalue weighted by molar-refractivity contribution is -0.182. The molecule has 0 aromatic heterocycles. The van der Waals surface area contributed by atoms with E-state index in [2.05, 4.69) is 48.5 Å². The molecule has 1 N–H and O–H groups in total. The minimum atomic E-state index is -0.169. The molecule has 0 aromatic rings. The maximum absolute atomic E-state index is 11.0. The van der Waals surface area contributed by atoms with Gasteiger partial charge in [0.25, 0.3) is 0 Å². The number of hydrogen-bond donors (Lipinski definition) is 1. The van der Waals surface area contributed by atoms with Crippen LogP contribution in [0.3, 0.4) is 0 Å². The van der Waals surface area contributed by atoms with Crippen LogP contribution in [0.15, 0.2) is 0 Å². The van der Waals surface area contributed by atoms with Gasteiger partial charge in [0.05, 0.1) is 17.8 Å². The Morgan fingerprint density at radius 2 is 1.38 bits per heavy atom. The Labute approximate surface area is 209 Å². The van der Waals surface area contributed by atoms with Gasteiger partial charge in [0.1, 0.15) is 5.60 Å². The van der Waals surface area contributed by atoms with Crippen LogP contribution >= 0.6 is 0 Å². The van der Waals surface area contributed by atoms with E-state index in [0.29, 0.717) is 22.9 Å². The summed E-state index contributed by atoms with van der Waals surface area (Å²) < 4.78 is 13.2. The Balaban J connectivity index is 1.37. The second kappa shape index (κ2) is 6.84. The molecule has 194 valence electrons. The van der Waals surface area contributed by atoms with Gasteiger partial charge in [-0.05, 0) is 110 Å². The molecule has 0 aromatic carbocycles. The van der Waals surface area contributed by atoms with E-state index in [1.807, 2.05) is 7.11 Å². The first-order chi connectivity index (χ1) is 15.7. The highest BCUT2D eigenvalue weighted by Crippen LogP contribution is 2.80. The van der Waals surface area contributed by atoms with Gasteiger partial charge in [0, 0.05) is 12.5 Å². The van der Waals surface area contributed by atoms with Gasteiger partial charge in [-0.15, -0.1) is 0 Å². The second-order valence-electron chi connectivity index (χ2n) is 15.9. The Morgan fingerprint density at radius 1 is 0.706 bits per heavy atom. The fourth-order valence-electron chi connectivity index (χ4n) is 12.6. The molecule has 0 unspecified atom stereocenters. The Bertz CT molecular complexity index is 865. The Morgan fingerprint density at radius 3 is 2.09 bits per heavy atom. The molecule has 5 saturated carbocycles. The second-order valence-corrected chi connectivity index (χ2v) is 15.9. The number of fused-ring (bicyclic) bond motifs is 4. The summed E-state index contributed by atoms with van der Waals surface area (Å²) in [5.41, 5.74) is 1.37. The predicted octanol–water partition coefficient (Wildman–Crippen LogP) is 7.15. The molecule has 1 heterocycles. The van der Waals surface area contributed by atoms with E-state index >= 15 is 0 Å². The molecule has 0 radical (unpaired) electrons. The molecule has 0 bridgehead atoms. The van der Waals surface area contributed by atoms with E-state index in [1.54, 1.807) is 0 Å². The third-order valence-electron chi connectivity index (χ3n) is 14.2. The molecule has 10 atom stereocenters. The van der Waals surface area contributed by atoms with Gasteiger partial charge in [0.2, 0.25) is 0 Å². The number of epoxide rings is 1. The van der Waals surface area contributed by atoms with Crippen LogP contribution in [-0.2, 0) is 9.47 Å².